The van der Waals surface area contributed by atoms with Crippen LogP contribution in [0.3, 0.4) is 0 Å². The van der Waals surface area contributed by atoms with Gasteiger partial charge in [0, 0.05) is 18.3 Å². The first-order chi connectivity index (χ1) is 13.8. The Bertz CT molecular complexity index is 1060. The minimum atomic E-state index is -0.440. The van der Waals surface area contributed by atoms with Crippen molar-refractivity contribution < 1.29 is 27.3 Å². The third kappa shape index (κ3) is 6.28. The van der Waals surface area contributed by atoms with Crippen LogP contribution in [0.2, 0.25) is 0 Å². The molecule has 3 aromatic carbocycles. The Balaban J connectivity index is 0.000000369. The number of rotatable bonds is 3. The van der Waals surface area contributed by atoms with Crippen LogP contribution in [0.5, 0.6) is 5.75 Å². The van der Waals surface area contributed by atoms with Crippen molar-refractivity contribution in [3.63, 3.8) is 0 Å². The third-order valence-corrected chi connectivity index (χ3v) is 3.85. The van der Waals surface area contributed by atoms with E-state index in [0.29, 0.717) is 11.1 Å². The fourth-order valence-corrected chi connectivity index (χ4v) is 2.50. The average molecular weight is 431 g/mol. The Labute approximate surface area is 179 Å². The van der Waals surface area contributed by atoms with E-state index < -0.39 is 5.90 Å². The molecular weight excluding hydrogens is 414 g/mol. The standard InChI is InChI=1S/C18H14N2O2.C5H5N.Cu/c21-17-11-10-13-6-4-5-9-15(13)16(17)12-19-20-18(22)14-7-2-1-3-8-14;1-2-4-6-5-3-1;/h1-12,21H,(H,20,22);1-5H;/q;;+2/p-2/b19-12+;;. The molecule has 0 fully saturated rings. The summed E-state index contributed by atoms with van der Waals surface area (Å²) in [6.07, 6.45) is 4.84. The molecule has 29 heavy (non-hydrogen) atoms. The largest absolute Gasteiger partial charge is 2.00 e. The molecule has 0 bridgehead atoms. The molecule has 0 saturated heterocycles. The second-order valence-corrected chi connectivity index (χ2v) is 5.74. The maximum absolute atomic E-state index is 12.0. The summed E-state index contributed by atoms with van der Waals surface area (Å²) >= 11 is 0. The van der Waals surface area contributed by atoms with Crippen molar-refractivity contribution in [1.29, 1.82) is 0 Å². The van der Waals surface area contributed by atoms with Gasteiger partial charge in [0.1, 0.15) is 0 Å². The van der Waals surface area contributed by atoms with Crippen LogP contribution in [0, 0.1) is 0 Å². The summed E-state index contributed by atoms with van der Waals surface area (Å²) in [5.74, 6) is -0.589. The van der Waals surface area contributed by atoms with Gasteiger partial charge in [-0.1, -0.05) is 78.5 Å². The number of hydrogen-bond acceptors (Lipinski definition) is 5. The zero-order valence-corrected chi connectivity index (χ0v) is 16.2. The summed E-state index contributed by atoms with van der Waals surface area (Å²) in [5.41, 5.74) is 0.891. The smallest absolute Gasteiger partial charge is 0.872 e. The van der Waals surface area contributed by atoms with Gasteiger partial charge in [0.25, 0.3) is 0 Å². The van der Waals surface area contributed by atoms with E-state index in [9.17, 15) is 10.2 Å². The van der Waals surface area contributed by atoms with Crippen LogP contribution in [0.4, 0.5) is 0 Å². The second kappa shape index (κ2) is 11.4. The molecule has 0 unspecified atom stereocenters. The molecule has 0 saturated carbocycles. The minimum Gasteiger partial charge on any atom is -0.872 e. The van der Waals surface area contributed by atoms with Crippen molar-refractivity contribution in [3.05, 3.63) is 108 Å². The Morgan fingerprint density at radius 3 is 2.10 bits per heavy atom. The molecule has 0 aliphatic carbocycles. The van der Waals surface area contributed by atoms with Crippen molar-refractivity contribution in [3.8, 4) is 5.75 Å². The molecule has 147 valence electrons. The molecule has 5 nitrogen and oxygen atoms in total. The first-order valence-electron chi connectivity index (χ1n) is 8.63. The SMILES string of the molecule is [Cu+2].[O-]/C(=N\N=C\c1c([O-])ccc2ccccc12)c1ccccc1.c1ccncc1. The maximum Gasteiger partial charge on any atom is 2.00 e. The molecule has 4 aromatic rings. The summed E-state index contributed by atoms with van der Waals surface area (Å²) in [5, 5.41) is 32.9. The number of nitrogens with zero attached hydrogens (tertiary/aromatic N) is 3. The van der Waals surface area contributed by atoms with E-state index >= 15 is 0 Å². The topological polar surface area (TPSA) is 83.7 Å². The van der Waals surface area contributed by atoms with Gasteiger partial charge in [-0.25, -0.2) is 0 Å². The Morgan fingerprint density at radius 2 is 1.45 bits per heavy atom. The maximum atomic E-state index is 12.0. The fraction of sp³-hybridized carbons (Fsp3) is 0. The van der Waals surface area contributed by atoms with Gasteiger partial charge < -0.3 is 10.2 Å². The zero-order chi connectivity index (χ0) is 19.6. The predicted molar refractivity (Wildman–Crippen MR) is 108 cm³/mol. The first kappa shape index (κ1) is 21.8. The van der Waals surface area contributed by atoms with Crippen LogP contribution in [0.25, 0.3) is 10.8 Å². The second-order valence-electron chi connectivity index (χ2n) is 5.74. The molecule has 0 spiro atoms. The van der Waals surface area contributed by atoms with Crippen LogP contribution in [-0.4, -0.2) is 17.1 Å². The Morgan fingerprint density at radius 1 is 0.793 bits per heavy atom. The van der Waals surface area contributed by atoms with E-state index in [4.69, 9.17) is 0 Å². The molecule has 1 aromatic heterocycles. The molecule has 0 N–H and O–H groups in total. The summed E-state index contributed by atoms with van der Waals surface area (Å²) in [7, 11) is 0. The number of benzene rings is 3. The summed E-state index contributed by atoms with van der Waals surface area (Å²) < 4.78 is 0. The van der Waals surface area contributed by atoms with E-state index in [1.54, 1.807) is 42.7 Å². The summed E-state index contributed by atoms with van der Waals surface area (Å²) in [6.45, 7) is 0. The van der Waals surface area contributed by atoms with Gasteiger partial charge in [-0.3, -0.25) is 4.98 Å². The molecule has 0 atom stereocenters. The van der Waals surface area contributed by atoms with Gasteiger partial charge in [0.15, 0.2) is 0 Å². The van der Waals surface area contributed by atoms with Crippen molar-refractivity contribution in [2.24, 2.45) is 10.2 Å². The van der Waals surface area contributed by atoms with Crippen LogP contribution < -0.4 is 10.2 Å². The van der Waals surface area contributed by atoms with Gasteiger partial charge in [-0.05, 0) is 34.0 Å². The molecule has 0 aliphatic rings. The fourth-order valence-electron chi connectivity index (χ4n) is 2.50. The van der Waals surface area contributed by atoms with Crippen molar-refractivity contribution >= 4 is 22.9 Å². The quantitative estimate of drug-likeness (QED) is 0.216. The monoisotopic (exact) mass is 430 g/mol. The van der Waals surface area contributed by atoms with E-state index in [0.717, 1.165) is 10.8 Å². The van der Waals surface area contributed by atoms with Gasteiger partial charge in [0.05, 0.1) is 6.21 Å². The van der Waals surface area contributed by atoms with Gasteiger partial charge in [-0.2, -0.15) is 10.2 Å². The molecular formula is C23H17CuN3O2. The van der Waals surface area contributed by atoms with Crippen molar-refractivity contribution in [1.82, 2.24) is 4.98 Å². The number of hydrogen-bond donors (Lipinski definition) is 0. The number of aromatic nitrogens is 1. The molecule has 1 radical (unpaired) electrons. The van der Waals surface area contributed by atoms with E-state index in [2.05, 4.69) is 15.2 Å². The Kier molecular flexibility index (Phi) is 8.57. The van der Waals surface area contributed by atoms with Gasteiger partial charge in [0.2, 0.25) is 0 Å². The predicted octanol–water partition coefficient (Wildman–Crippen LogP) is 3.13. The molecule has 0 amide bonds. The molecule has 4 rings (SSSR count). The third-order valence-electron chi connectivity index (χ3n) is 3.85. The van der Waals surface area contributed by atoms with Crippen LogP contribution in [-0.2, 0) is 17.1 Å². The normalized spacial score (nSPS) is 10.8. The van der Waals surface area contributed by atoms with E-state index in [1.165, 1.54) is 12.3 Å². The van der Waals surface area contributed by atoms with Gasteiger partial charge >= 0.3 is 17.1 Å². The molecule has 1 heterocycles. The Hall–Kier alpha value is -3.47. The van der Waals surface area contributed by atoms with Crippen molar-refractivity contribution in [2.75, 3.05) is 0 Å². The number of fused-ring (bicyclic) bond motifs is 1. The average Bonchev–Trinajstić information content (AvgIpc) is 2.77. The van der Waals surface area contributed by atoms with Crippen LogP contribution >= 0.6 is 0 Å². The first-order valence-corrected chi connectivity index (χ1v) is 8.63. The minimum absolute atomic E-state index is 0. The van der Waals surface area contributed by atoms with E-state index in [-0.39, 0.29) is 22.8 Å². The van der Waals surface area contributed by atoms with Crippen LogP contribution in [0.15, 0.2) is 108 Å². The van der Waals surface area contributed by atoms with Gasteiger partial charge in [-0.15, -0.1) is 0 Å². The molecule has 0 aliphatic heterocycles. The summed E-state index contributed by atoms with van der Waals surface area (Å²) in [4.78, 5) is 3.78. The summed E-state index contributed by atoms with van der Waals surface area (Å²) in [6, 6.07) is 25.1. The molecule has 6 heteroatoms. The zero-order valence-electron chi connectivity index (χ0n) is 15.3. The number of pyridine rings is 1. The van der Waals surface area contributed by atoms with E-state index in [1.807, 2.05) is 48.5 Å². The van der Waals surface area contributed by atoms with Crippen LogP contribution in [0.1, 0.15) is 11.1 Å². The van der Waals surface area contributed by atoms with Crippen molar-refractivity contribution in [2.45, 2.75) is 0 Å².